The third kappa shape index (κ3) is 4.79. The van der Waals surface area contributed by atoms with Gasteiger partial charge < -0.3 is 20.0 Å². The third-order valence-corrected chi connectivity index (χ3v) is 4.71. The van der Waals surface area contributed by atoms with Gasteiger partial charge in [-0.3, -0.25) is 14.4 Å². The van der Waals surface area contributed by atoms with Crippen LogP contribution in [-0.2, 0) is 4.79 Å². The molecule has 0 spiro atoms. The summed E-state index contributed by atoms with van der Waals surface area (Å²) in [4.78, 5) is 38.5. The zero-order valence-corrected chi connectivity index (χ0v) is 16.1. The number of anilines is 1. The molecule has 0 aliphatic carbocycles. The fourth-order valence-corrected chi connectivity index (χ4v) is 3.13. The first-order valence-corrected chi connectivity index (χ1v) is 9.48. The van der Waals surface area contributed by atoms with Gasteiger partial charge in [-0.05, 0) is 49.2 Å². The van der Waals surface area contributed by atoms with Gasteiger partial charge in [-0.15, -0.1) is 0 Å². The van der Waals surface area contributed by atoms with E-state index >= 15 is 0 Å². The number of rotatable bonds is 5. The lowest BCUT2D eigenvalue weighted by Gasteiger charge is -2.33. The molecule has 1 saturated heterocycles. The van der Waals surface area contributed by atoms with Crippen LogP contribution in [0.15, 0.2) is 47.1 Å². The molecule has 7 nitrogen and oxygen atoms in total. The lowest BCUT2D eigenvalue weighted by molar-refractivity contribution is -0.125. The predicted molar refractivity (Wildman–Crippen MR) is 105 cm³/mol. The summed E-state index contributed by atoms with van der Waals surface area (Å²) in [6.45, 7) is 4.89. The highest BCUT2D eigenvalue weighted by Gasteiger charge is 2.26. The fourth-order valence-electron chi connectivity index (χ4n) is 3.13. The monoisotopic (exact) mass is 383 g/mol. The van der Waals surface area contributed by atoms with Crippen molar-refractivity contribution in [2.45, 2.75) is 32.7 Å². The summed E-state index contributed by atoms with van der Waals surface area (Å²) < 4.78 is 5.06. The minimum atomic E-state index is -0.344. The van der Waals surface area contributed by atoms with Crippen molar-refractivity contribution in [3.63, 3.8) is 0 Å². The van der Waals surface area contributed by atoms with Crippen LogP contribution in [0.4, 0.5) is 5.69 Å². The van der Waals surface area contributed by atoms with Crippen LogP contribution >= 0.6 is 0 Å². The number of nitrogens with one attached hydrogen (secondary N) is 2. The molecule has 7 heteroatoms. The summed E-state index contributed by atoms with van der Waals surface area (Å²) in [5, 5.41) is 5.73. The maximum atomic E-state index is 12.8. The molecule has 1 atom stereocenters. The topological polar surface area (TPSA) is 91.7 Å². The number of carbonyl (C=O) groups excluding carboxylic acids is 3. The van der Waals surface area contributed by atoms with Gasteiger partial charge in [-0.1, -0.05) is 13.8 Å². The molecule has 1 fully saturated rings. The second-order valence-electron chi connectivity index (χ2n) is 7.26. The fraction of sp³-hybridized carbons (Fsp3) is 0.381. The Morgan fingerprint density at radius 3 is 2.54 bits per heavy atom. The Hall–Kier alpha value is -3.09. The number of nitrogens with zero attached hydrogens (tertiary/aromatic N) is 1. The number of piperidine rings is 1. The van der Waals surface area contributed by atoms with Crippen molar-refractivity contribution >= 4 is 23.4 Å². The van der Waals surface area contributed by atoms with E-state index in [0.717, 1.165) is 12.8 Å². The van der Waals surface area contributed by atoms with Gasteiger partial charge in [0, 0.05) is 36.3 Å². The normalized spacial score (nSPS) is 16.7. The summed E-state index contributed by atoms with van der Waals surface area (Å²) >= 11 is 0. The number of benzene rings is 1. The molecule has 3 rings (SSSR count). The van der Waals surface area contributed by atoms with Gasteiger partial charge >= 0.3 is 0 Å². The Balaban J connectivity index is 1.59. The molecule has 3 amide bonds. The van der Waals surface area contributed by atoms with Crippen LogP contribution in [0.5, 0.6) is 0 Å². The zero-order valence-electron chi connectivity index (χ0n) is 16.1. The minimum Gasteiger partial charge on any atom is -0.459 e. The number of amides is 3. The molecule has 2 N–H and O–H groups in total. The van der Waals surface area contributed by atoms with E-state index in [4.69, 9.17) is 4.42 Å². The zero-order chi connectivity index (χ0) is 20.1. The summed E-state index contributed by atoms with van der Waals surface area (Å²) in [6, 6.07) is 9.97. The van der Waals surface area contributed by atoms with Crippen molar-refractivity contribution < 1.29 is 18.8 Å². The van der Waals surface area contributed by atoms with Crippen LogP contribution in [0.1, 0.15) is 47.6 Å². The second kappa shape index (κ2) is 8.73. The largest absolute Gasteiger partial charge is 0.459 e. The van der Waals surface area contributed by atoms with E-state index in [1.807, 2.05) is 13.8 Å². The average Bonchev–Trinajstić information content (AvgIpc) is 3.23. The van der Waals surface area contributed by atoms with Crippen molar-refractivity contribution in [1.29, 1.82) is 0 Å². The molecule has 1 aromatic heterocycles. The van der Waals surface area contributed by atoms with Gasteiger partial charge in [0.1, 0.15) is 0 Å². The molecule has 0 radical (unpaired) electrons. The van der Waals surface area contributed by atoms with Crippen molar-refractivity contribution in [2.75, 3.05) is 18.4 Å². The average molecular weight is 383 g/mol. The molecule has 2 aromatic rings. The Morgan fingerprint density at radius 2 is 1.89 bits per heavy atom. The molecular formula is C21H25N3O4. The number of carbonyl (C=O) groups is 3. The van der Waals surface area contributed by atoms with Crippen molar-refractivity contribution in [2.24, 2.45) is 5.92 Å². The van der Waals surface area contributed by atoms with E-state index in [-0.39, 0.29) is 35.4 Å². The van der Waals surface area contributed by atoms with Crippen molar-refractivity contribution in [3.8, 4) is 0 Å². The second-order valence-corrected chi connectivity index (χ2v) is 7.26. The molecule has 2 heterocycles. The summed E-state index contributed by atoms with van der Waals surface area (Å²) in [7, 11) is 0. The van der Waals surface area contributed by atoms with Crippen LogP contribution in [-0.4, -0.2) is 41.8 Å². The molecule has 148 valence electrons. The Bertz CT molecular complexity index is 828. The maximum Gasteiger partial charge on any atom is 0.291 e. The molecule has 1 unspecified atom stereocenters. The highest BCUT2D eigenvalue weighted by atomic mass is 16.3. The highest BCUT2D eigenvalue weighted by Crippen LogP contribution is 2.17. The standard InChI is InChI=1S/C21H25N3O4/c1-14(2)19(25)23-17-5-3-11-24(13-17)21(27)15-7-9-16(10-8-15)22-20(26)18-6-4-12-28-18/h4,6-10,12,14,17H,3,5,11,13H2,1-2H3,(H,22,26)(H,23,25). The lowest BCUT2D eigenvalue weighted by Crippen LogP contribution is -2.50. The van der Waals surface area contributed by atoms with E-state index < -0.39 is 0 Å². The minimum absolute atomic E-state index is 0.0101. The maximum absolute atomic E-state index is 12.8. The van der Waals surface area contributed by atoms with Gasteiger partial charge in [0.25, 0.3) is 11.8 Å². The Labute approximate surface area is 164 Å². The molecule has 1 aromatic carbocycles. The number of furan rings is 1. The van der Waals surface area contributed by atoms with Crippen LogP contribution in [0.25, 0.3) is 0 Å². The SMILES string of the molecule is CC(C)C(=O)NC1CCCN(C(=O)c2ccc(NC(=O)c3ccco3)cc2)C1. The van der Waals surface area contributed by atoms with Gasteiger partial charge in [-0.2, -0.15) is 0 Å². The third-order valence-electron chi connectivity index (χ3n) is 4.71. The van der Waals surface area contributed by atoms with Crippen LogP contribution in [0, 0.1) is 5.92 Å². The quantitative estimate of drug-likeness (QED) is 0.830. The van der Waals surface area contributed by atoms with E-state index in [1.165, 1.54) is 6.26 Å². The van der Waals surface area contributed by atoms with Gasteiger partial charge in [0.05, 0.1) is 6.26 Å². The van der Waals surface area contributed by atoms with Crippen molar-refractivity contribution in [1.82, 2.24) is 10.2 Å². The Kier molecular flexibility index (Phi) is 6.13. The molecule has 0 saturated carbocycles. The van der Waals surface area contributed by atoms with E-state index in [1.54, 1.807) is 41.3 Å². The first-order chi connectivity index (χ1) is 13.4. The van der Waals surface area contributed by atoms with Crippen molar-refractivity contribution in [3.05, 3.63) is 54.0 Å². The first kappa shape index (κ1) is 19.7. The molecule has 0 bridgehead atoms. The predicted octanol–water partition coefficient (Wildman–Crippen LogP) is 2.91. The number of likely N-dealkylation sites (tertiary alicyclic amines) is 1. The molecular weight excluding hydrogens is 358 g/mol. The summed E-state index contributed by atoms with van der Waals surface area (Å²) in [6.07, 6.45) is 3.16. The molecule has 28 heavy (non-hydrogen) atoms. The van der Waals surface area contributed by atoms with Gasteiger partial charge in [0.15, 0.2) is 5.76 Å². The van der Waals surface area contributed by atoms with Gasteiger partial charge in [-0.25, -0.2) is 0 Å². The summed E-state index contributed by atoms with van der Waals surface area (Å²) in [5.41, 5.74) is 1.13. The molecule has 1 aliphatic rings. The first-order valence-electron chi connectivity index (χ1n) is 9.48. The van der Waals surface area contributed by atoms with Gasteiger partial charge in [0.2, 0.25) is 5.91 Å². The number of hydrogen-bond donors (Lipinski definition) is 2. The lowest BCUT2D eigenvalue weighted by atomic mass is 10.0. The number of hydrogen-bond acceptors (Lipinski definition) is 4. The molecule has 1 aliphatic heterocycles. The van der Waals surface area contributed by atoms with Crippen LogP contribution in [0.2, 0.25) is 0 Å². The Morgan fingerprint density at radius 1 is 1.14 bits per heavy atom. The van der Waals surface area contributed by atoms with E-state index in [9.17, 15) is 14.4 Å². The van der Waals surface area contributed by atoms with E-state index in [2.05, 4.69) is 10.6 Å². The smallest absolute Gasteiger partial charge is 0.291 e. The highest BCUT2D eigenvalue weighted by molar-refractivity contribution is 6.02. The van der Waals surface area contributed by atoms with Crippen LogP contribution < -0.4 is 10.6 Å². The summed E-state index contributed by atoms with van der Waals surface area (Å²) in [5.74, 6) is -0.259. The van der Waals surface area contributed by atoms with E-state index in [0.29, 0.717) is 24.3 Å². The van der Waals surface area contributed by atoms with Crippen LogP contribution in [0.3, 0.4) is 0 Å².